The van der Waals surface area contributed by atoms with Gasteiger partial charge >= 0.3 is 0 Å². The van der Waals surface area contributed by atoms with Crippen LogP contribution in [0.4, 0.5) is 5.82 Å². The Morgan fingerprint density at radius 2 is 2.03 bits per heavy atom. The summed E-state index contributed by atoms with van der Waals surface area (Å²) in [6.07, 6.45) is 5.89. The summed E-state index contributed by atoms with van der Waals surface area (Å²) < 4.78 is 8.08. The Morgan fingerprint density at radius 1 is 1.23 bits per heavy atom. The fourth-order valence-corrected chi connectivity index (χ4v) is 3.81. The molecule has 7 heteroatoms. The van der Waals surface area contributed by atoms with Crippen LogP contribution in [-0.2, 0) is 4.79 Å². The van der Waals surface area contributed by atoms with E-state index < -0.39 is 0 Å². The van der Waals surface area contributed by atoms with Crippen molar-refractivity contribution >= 4 is 17.2 Å². The molecule has 1 amide bonds. The molecular weight excluding hydrogens is 378 g/mol. The number of hydrogen-bond acceptors (Lipinski definition) is 5. The lowest BCUT2D eigenvalue weighted by molar-refractivity contribution is -0.117. The zero-order valence-corrected chi connectivity index (χ0v) is 17.6. The van der Waals surface area contributed by atoms with Gasteiger partial charge in [-0.3, -0.25) is 14.7 Å². The Bertz CT molecular complexity index is 1100. The van der Waals surface area contributed by atoms with E-state index in [-0.39, 0.29) is 17.9 Å². The highest BCUT2D eigenvalue weighted by Gasteiger charge is 2.31. The molecule has 0 bridgehead atoms. The maximum atomic E-state index is 12.0. The molecule has 1 saturated carbocycles. The smallest absolute Gasteiger partial charge is 0.228 e. The number of aromatic nitrogens is 3. The number of likely N-dealkylation sites (tertiary alicyclic amines) is 1. The molecule has 5 rings (SSSR count). The number of ether oxygens (including phenoxy) is 1. The SMILES string of the molecule is Cc1cc(-c2ccn3nc(NC(=O)C4CC4)cc3c2)c(OC2CN(C(C)C)C2)cn1. The first-order valence-electron chi connectivity index (χ1n) is 10.6. The van der Waals surface area contributed by atoms with Crippen LogP contribution >= 0.6 is 0 Å². The minimum absolute atomic E-state index is 0.0648. The second kappa shape index (κ2) is 7.40. The number of nitrogens with one attached hydrogen (secondary N) is 1. The summed E-state index contributed by atoms with van der Waals surface area (Å²) in [4.78, 5) is 18.9. The first-order chi connectivity index (χ1) is 14.5. The van der Waals surface area contributed by atoms with Gasteiger partial charge in [0.25, 0.3) is 0 Å². The predicted molar refractivity (Wildman–Crippen MR) is 116 cm³/mol. The van der Waals surface area contributed by atoms with Crippen molar-refractivity contribution in [3.05, 3.63) is 42.4 Å². The number of hydrogen-bond donors (Lipinski definition) is 1. The van der Waals surface area contributed by atoms with E-state index >= 15 is 0 Å². The zero-order valence-electron chi connectivity index (χ0n) is 17.6. The number of carbonyl (C=O) groups is 1. The molecular formula is C23H27N5O2. The van der Waals surface area contributed by atoms with Gasteiger partial charge in [-0.1, -0.05) is 0 Å². The van der Waals surface area contributed by atoms with Gasteiger partial charge in [0.15, 0.2) is 5.82 Å². The van der Waals surface area contributed by atoms with Crippen molar-refractivity contribution in [2.45, 2.75) is 45.8 Å². The van der Waals surface area contributed by atoms with Crippen LogP contribution in [0.2, 0.25) is 0 Å². The molecule has 4 heterocycles. The number of anilines is 1. The van der Waals surface area contributed by atoms with Crippen LogP contribution < -0.4 is 10.1 Å². The first-order valence-corrected chi connectivity index (χ1v) is 10.6. The molecule has 2 fully saturated rings. The molecule has 1 saturated heterocycles. The van der Waals surface area contributed by atoms with Crippen LogP contribution in [0.3, 0.4) is 0 Å². The average Bonchev–Trinajstić information content (AvgIpc) is 3.45. The number of aryl methyl sites for hydroxylation is 1. The highest BCUT2D eigenvalue weighted by molar-refractivity contribution is 5.93. The summed E-state index contributed by atoms with van der Waals surface area (Å²) in [5.74, 6) is 1.62. The number of fused-ring (bicyclic) bond motifs is 1. The topological polar surface area (TPSA) is 71.8 Å². The molecule has 30 heavy (non-hydrogen) atoms. The van der Waals surface area contributed by atoms with Crippen molar-refractivity contribution in [1.29, 1.82) is 0 Å². The summed E-state index contributed by atoms with van der Waals surface area (Å²) >= 11 is 0. The average molecular weight is 406 g/mol. The number of pyridine rings is 2. The number of nitrogens with zero attached hydrogens (tertiary/aromatic N) is 4. The van der Waals surface area contributed by atoms with Gasteiger partial charge in [0.05, 0.1) is 11.7 Å². The van der Waals surface area contributed by atoms with Gasteiger partial charge in [-0.25, -0.2) is 4.52 Å². The molecule has 7 nitrogen and oxygen atoms in total. The number of carbonyl (C=O) groups excluding carboxylic acids is 1. The van der Waals surface area contributed by atoms with E-state index in [1.807, 2.05) is 31.5 Å². The number of rotatable bonds is 6. The van der Waals surface area contributed by atoms with Crippen LogP contribution in [0.5, 0.6) is 5.75 Å². The summed E-state index contributed by atoms with van der Waals surface area (Å²) in [5.41, 5.74) is 3.94. The van der Waals surface area contributed by atoms with E-state index in [1.54, 1.807) is 4.52 Å². The van der Waals surface area contributed by atoms with Crippen LogP contribution in [-0.4, -0.2) is 50.6 Å². The molecule has 0 atom stereocenters. The third kappa shape index (κ3) is 3.77. The summed E-state index contributed by atoms with van der Waals surface area (Å²) in [6, 6.07) is 8.61. The molecule has 0 unspecified atom stereocenters. The molecule has 3 aromatic rings. The van der Waals surface area contributed by atoms with E-state index in [9.17, 15) is 4.79 Å². The molecule has 1 N–H and O–H groups in total. The van der Waals surface area contributed by atoms with Crippen LogP contribution in [0, 0.1) is 12.8 Å². The normalized spacial score (nSPS) is 17.3. The van der Waals surface area contributed by atoms with Crippen molar-refractivity contribution in [1.82, 2.24) is 19.5 Å². The van der Waals surface area contributed by atoms with Crippen LogP contribution in [0.1, 0.15) is 32.4 Å². The van der Waals surface area contributed by atoms with E-state index in [4.69, 9.17) is 4.74 Å². The van der Waals surface area contributed by atoms with E-state index in [0.717, 1.165) is 54.0 Å². The fraction of sp³-hybridized carbons (Fsp3) is 0.435. The van der Waals surface area contributed by atoms with Gasteiger partial charge in [0.2, 0.25) is 5.91 Å². The maximum absolute atomic E-state index is 12.0. The lowest BCUT2D eigenvalue weighted by Crippen LogP contribution is -2.56. The highest BCUT2D eigenvalue weighted by Crippen LogP contribution is 2.33. The van der Waals surface area contributed by atoms with Crippen LogP contribution in [0.25, 0.3) is 16.6 Å². The maximum Gasteiger partial charge on any atom is 0.228 e. The van der Waals surface area contributed by atoms with E-state index in [0.29, 0.717) is 11.9 Å². The lowest BCUT2D eigenvalue weighted by Gasteiger charge is -2.41. The molecule has 2 aliphatic rings. The minimum atomic E-state index is 0.0648. The molecule has 3 aromatic heterocycles. The van der Waals surface area contributed by atoms with Crippen molar-refractivity contribution in [2.75, 3.05) is 18.4 Å². The number of amides is 1. The van der Waals surface area contributed by atoms with Gasteiger partial charge < -0.3 is 10.1 Å². The molecule has 156 valence electrons. The van der Waals surface area contributed by atoms with Crippen molar-refractivity contribution < 1.29 is 9.53 Å². The van der Waals surface area contributed by atoms with Gasteiger partial charge in [-0.2, -0.15) is 5.10 Å². The van der Waals surface area contributed by atoms with Gasteiger partial charge in [0.1, 0.15) is 11.9 Å². The second-order valence-corrected chi connectivity index (χ2v) is 8.69. The second-order valence-electron chi connectivity index (χ2n) is 8.69. The Balaban J connectivity index is 1.40. The van der Waals surface area contributed by atoms with E-state index in [2.05, 4.69) is 46.3 Å². The van der Waals surface area contributed by atoms with Crippen molar-refractivity contribution in [2.24, 2.45) is 5.92 Å². The summed E-state index contributed by atoms with van der Waals surface area (Å²) in [6.45, 7) is 8.28. The summed E-state index contributed by atoms with van der Waals surface area (Å²) in [5, 5.41) is 7.39. The molecule has 1 aliphatic heterocycles. The molecule has 0 radical (unpaired) electrons. The Kier molecular flexibility index (Phi) is 4.70. The van der Waals surface area contributed by atoms with E-state index in [1.165, 1.54) is 0 Å². The van der Waals surface area contributed by atoms with Gasteiger partial charge in [-0.15, -0.1) is 0 Å². The first kappa shape index (κ1) is 19.1. The van der Waals surface area contributed by atoms with Crippen LogP contribution in [0.15, 0.2) is 36.7 Å². The minimum Gasteiger partial charge on any atom is -0.485 e. The quantitative estimate of drug-likeness (QED) is 0.679. The van der Waals surface area contributed by atoms with Gasteiger partial charge in [0, 0.05) is 48.6 Å². The Hall–Kier alpha value is -2.93. The van der Waals surface area contributed by atoms with Crippen molar-refractivity contribution in [3.63, 3.8) is 0 Å². The monoisotopic (exact) mass is 405 g/mol. The molecule has 1 aliphatic carbocycles. The zero-order chi connectivity index (χ0) is 20.8. The Morgan fingerprint density at radius 3 is 2.77 bits per heavy atom. The van der Waals surface area contributed by atoms with Gasteiger partial charge in [-0.05, 0) is 57.4 Å². The third-order valence-electron chi connectivity index (χ3n) is 5.88. The van der Waals surface area contributed by atoms with Crippen molar-refractivity contribution in [3.8, 4) is 16.9 Å². The predicted octanol–water partition coefficient (Wildman–Crippen LogP) is 3.52. The lowest BCUT2D eigenvalue weighted by atomic mass is 10.1. The highest BCUT2D eigenvalue weighted by atomic mass is 16.5. The summed E-state index contributed by atoms with van der Waals surface area (Å²) in [7, 11) is 0. The fourth-order valence-electron chi connectivity index (χ4n) is 3.81. The molecule has 0 aromatic carbocycles. The Labute approximate surface area is 176 Å². The third-order valence-corrected chi connectivity index (χ3v) is 5.88. The largest absolute Gasteiger partial charge is 0.485 e. The standard InChI is InChI=1S/C23H27N5O2/c1-14(2)27-12-19(13-27)30-21-11-24-15(3)8-20(21)17-6-7-28-18(9-17)10-22(26-28)25-23(29)16-4-5-16/h6-11,14,16,19H,4-5,12-13H2,1-3H3,(H,25,26,29). The molecule has 0 spiro atoms.